The van der Waals surface area contributed by atoms with Gasteiger partial charge in [0.25, 0.3) is 0 Å². The predicted octanol–water partition coefficient (Wildman–Crippen LogP) is 2.96. The molecular weight excluding hydrogens is 134 g/mol. The Morgan fingerprint density at radius 1 is 1.27 bits per heavy atom. The fourth-order valence-corrected chi connectivity index (χ4v) is 1.26. The Morgan fingerprint density at radius 3 is 3.09 bits per heavy atom. The van der Waals surface area contributed by atoms with Crippen molar-refractivity contribution in [3.05, 3.63) is 24.0 Å². The van der Waals surface area contributed by atoms with E-state index in [1.807, 2.05) is 6.20 Å². The van der Waals surface area contributed by atoms with Crippen LogP contribution in [0.1, 0.15) is 39.0 Å². The topological polar surface area (TPSA) is 12.0 Å². The zero-order chi connectivity index (χ0) is 7.94. The first kappa shape index (κ1) is 8.38. The quantitative estimate of drug-likeness (QED) is 0.561. The van der Waals surface area contributed by atoms with Gasteiger partial charge >= 0.3 is 0 Å². The van der Waals surface area contributed by atoms with Crippen LogP contribution in [0.4, 0.5) is 0 Å². The monoisotopic (exact) mass is 151 g/mol. The van der Waals surface area contributed by atoms with Gasteiger partial charge in [0.15, 0.2) is 0 Å². The van der Waals surface area contributed by atoms with Crippen molar-refractivity contribution in [3.63, 3.8) is 0 Å². The van der Waals surface area contributed by atoms with E-state index in [0.29, 0.717) is 0 Å². The van der Waals surface area contributed by atoms with Crippen molar-refractivity contribution in [1.82, 2.24) is 5.32 Å². The van der Waals surface area contributed by atoms with Gasteiger partial charge in [0.05, 0.1) is 0 Å². The minimum atomic E-state index is 1.22. The van der Waals surface area contributed by atoms with E-state index >= 15 is 0 Å². The van der Waals surface area contributed by atoms with Crippen LogP contribution in [-0.4, -0.2) is 0 Å². The lowest BCUT2D eigenvalue weighted by Gasteiger charge is -2.03. The largest absolute Gasteiger partial charge is 0.368 e. The van der Waals surface area contributed by atoms with E-state index in [1.54, 1.807) is 0 Å². The van der Waals surface area contributed by atoms with Crippen LogP contribution in [0.5, 0.6) is 0 Å². The van der Waals surface area contributed by atoms with Gasteiger partial charge < -0.3 is 5.32 Å². The molecule has 1 nitrogen and oxygen atoms in total. The summed E-state index contributed by atoms with van der Waals surface area (Å²) in [5.74, 6) is 0. The summed E-state index contributed by atoms with van der Waals surface area (Å²) in [6.07, 6.45) is 12.9. The second kappa shape index (κ2) is 5.00. The Bertz CT molecular complexity index is 156. The molecule has 0 saturated heterocycles. The Hall–Kier alpha value is -0.720. The van der Waals surface area contributed by atoms with Gasteiger partial charge in [-0.3, -0.25) is 0 Å². The van der Waals surface area contributed by atoms with Gasteiger partial charge in [-0.1, -0.05) is 18.1 Å². The van der Waals surface area contributed by atoms with Gasteiger partial charge in [-0.05, 0) is 45.0 Å². The van der Waals surface area contributed by atoms with Gasteiger partial charge in [-0.25, -0.2) is 0 Å². The molecule has 0 atom stereocenters. The van der Waals surface area contributed by atoms with Gasteiger partial charge in [0.2, 0.25) is 0 Å². The summed E-state index contributed by atoms with van der Waals surface area (Å²) < 4.78 is 0. The molecule has 0 aliphatic carbocycles. The summed E-state index contributed by atoms with van der Waals surface area (Å²) in [4.78, 5) is 0. The van der Waals surface area contributed by atoms with E-state index in [4.69, 9.17) is 0 Å². The molecule has 0 aromatic rings. The van der Waals surface area contributed by atoms with Crippen LogP contribution in [0.3, 0.4) is 0 Å². The average molecular weight is 151 g/mol. The van der Waals surface area contributed by atoms with Crippen molar-refractivity contribution in [2.75, 3.05) is 0 Å². The molecule has 0 spiro atoms. The summed E-state index contributed by atoms with van der Waals surface area (Å²) in [6.45, 7) is 2.18. The number of allylic oxidation sites excluding steroid dienone is 2. The van der Waals surface area contributed by atoms with E-state index < -0.39 is 0 Å². The predicted molar refractivity (Wildman–Crippen MR) is 49.1 cm³/mol. The van der Waals surface area contributed by atoms with Crippen molar-refractivity contribution in [2.45, 2.75) is 39.0 Å². The highest BCUT2D eigenvalue weighted by Gasteiger charge is 1.92. The molecular formula is C10H17N. The molecule has 62 valence electrons. The smallest absolute Gasteiger partial charge is 0.000653 e. The Labute approximate surface area is 69.2 Å². The van der Waals surface area contributed by atoms with Crippen LogP contribution in [0.25, 0.3) is 0 Å². The van der Waals surface area contributed by atoms with Crippen molar-refractivity contribution in [3.8, 4) is 0 Å². The van der Waals surface area contributed by atoms with E-state index in [1.165, 1.54) is 37.7 Å². The SMILES string of the molecule is C/C1=C\N/C=C/CCCCC1. The zero-order valence-corrected chi connectivity index (χ0v) is 7.27. The lowest BCUT2D eigenvalue weighted by Crippen LogP contribution is -1.95. The van der Waals surface area contributed by atoms with Gasteiger partial charge in [-0.15, -0.1) is 0 Å². The maximum absolute atomic E-state index is 3.16. The molecule has 1 heterocycles. The third-order valence-electron chi connectivity index (χ3n) is 1.99. The fourth-order valence-electron chi connectivity index (χ4n) is 1.26. The highest BCUT2D eigenvalue weighted by Crippen LogP contribution is 2.09. The van der Waals surface area contributed by atoms with E-state index in [9.17, 15) is 0 Å². The first-order chi connectivity index (χ1) is 5.39. The second-order valence-electron chi connectivity index (χ2n) is 3.16. The first-order valence-corrected chi connectivity index (χ1v) is 4.46. The van der Waals surface area contributed by atoms with Crippen LogP contribution in [-0.2, 0) is 0 Å². The van der Waals surface area contributed by atoms with Crippen molar-refractivity contribution in [2.24, 2.45) is 0 Å². The zero-order valence-electron chi connectivity index (χ0n) is 7.27. The minimum Gasteiger partial charge on any atom is -0.368 e. The lowest BCUT2D eigenvalue weighted by atomic mass is 10.1. The minimum absolute atomic E-state index is 1.22. The highest BCUT2D eigenvalue weighted by atomic mass is 14.8. The van der Waals surface area contributed by atoms with Crippen molar-refractivity contribution < 1.29 is 0 Å². The van der Waals surface area contributed by atoms with Gasteiger partial charge in [0, 0.05) is 0 Å². The molecule has 1 heteroatoms. The summed E-state index contributed by atoms with van der Waals surface area (Å²) in [5.41, 5.74) is 1.46. The Morgan fingerprint density at radius 2 is 2.18 bits per heavy atom. The number of hydrogen-bond donors (Lipinski definition) is 1. The van der Waals surface area contributed by atoms with E-state index in [-0.39, 0.29) is 0 Å². The summed E-state index contributed by atoms with van der Waals surface area (Å²) in [7, 11) is 0. The summed E-state index contributed by atoms with van der Waals surface area (Å²) >= 11 is 0. The average Bonchev–Trinajstić information content (AvgIpc) is 2.03. The normalized spacial score (nSPS) is 27.9. The standard InChI is InChI=1S/C10H17N/c1-10-7-5-3-2-4-6-8-11-9-10/h6,8-9,11H,2-5,7H2,1H3/b8-6+,10-9+. The van der Waals surface area contributed by atoms with Crippen LogP contribution >= 0.6 is 0 Å². The molecule has 11 heavy (non-hydrogen) atoms. The molecule has 0 bridgehead atoms. The molecule has 1 aliphatic heterocycles. The van der Waals surface area contributed by atoms with Crippen LogP contribution in [0, 0.1) is 0 Å². The molecule has 1 rings (SSSR count). The van der Waals surface area contributed by atoms with Crippen LogP contribution in [0.2, 0.25) is 0 Å². The first-order valence-electron chi connectivity index (χ1n) is 4.46. The molecule has 0 amide bonds. The van der Waals surface area contributed by atoms with Crippen molar-refractivity contribution in [1.29, 1.82) is 0 Å². The van der Waals surface area contributed by atoms with Gasteiger partial charge in [-0.2, -0.15) is 0 Å². The molecule has 1 aliphatic rings. The Kier molecular flexibility index (Phi) is 3.81. The van der Waals surface area contributed by atoms with E-state index in [0.717, 1.165) is 0 Å². The summed E-state index contributed by atoms with van der Waals surface area (Å²) in [5, 5.41) is 3.16. The second-order valence-corrected chi connectivity index (χ2v) is 3.16. The lowest BCUT2D eigenvalue weighted by molar-refractivity contribution is 0.678. The number of nitrogens with one attached hydrogen (secondary N) is 1. The maximum atomic E-state index is 3.16. The Balaban J connectivity index is 2.38. The third kappa shape index (κ3) is 3.87. The third-order valence-corrected chi connectivity index (χ3v) is 1.99. The molecule has 0 unspecified atom stereocenters. The maximum Gasteiger partial charge on any atom is -0.000653 e. The van der Waals surface area contributed by atoms with Gasteiger partial charge in [0.1, 0.15) is 0 Å². The van der Waals surface area contributed by atoms with Crippen molar-refractivity contribution >= 4 is 0 Å². The number of rotatable bonds is 0. The van der Waals surface area contributed by atoms with Crippen LogP contribution < -0.4 is 5.32 Å². The molecule has 0 fully saturated rings. The van der Waals surface area contributed by atoms with E-state index in [2.05, 4.69) is 24.5 Å². The fraction of sp³-hybridized carbons (Fsp3) is 0.600. The molecule has 0 aromatic heterocycles. The number of hydrogen-bond acceptors (Lipinski definition) is 1. The summed E-state index contributed by atoms with van der Waals surface area (Å²) in [6, 6.07) is 0. The highest BCUT2D eigenvalue weighted by molar-refractivity contribution is 4.99. The van der Waals surface area contributed by atoms with Crippen LogP contribution in [0.15, 0.2) is 24.0 Å². The molecule has 0 saturated carbocycles. The molecule has 0 aromatic carbocycles. The molecule has 1 N–H and O–H groups in total. The molecule has 0 radical (unpaired) electrons.